The van der Waals surface area contributed by atoms with Gasteiger partial charge in [0, 0.05) is 25.1 Å². The van der Waals surface area contributed by atoms with E-state index < -0.39 is 0 Å². The van der Waals surface area contributed by atoms with Gasteiger partial charge in [-0.1, -0.05) is 6.92 Å². The molecule has 0 radical (unpaired) electrons. The highest BCUT2D eigenvalue weighted by Gasteiger charge is 2.42. The molecule has 0 unspecified atom stereocenters. The Balaban J connectivity index is 2.13. The molecule has 0 bridgehead atoms. The minimum absolute atomic E-state index is 0.0309. The predicted molar refractivity (Wildman–Crippen MR) is 94.5 cm³/mol. The van der Waals surface area contributed by atoms with Gasteiger partial charge < -0.3 is 14.1 Å². The number of hydrogen-bond acceptors (Lipinski definition) is 4. The van der Waals surface area contributed by atoms with Crippen molar-refractivity contribution in [2.24, 2.45) is 5.41 Å². The molecular weight excluding hydrogens is 288 g/mol. The van der Waals surface area contributed by atoms with Crippen LogP contribution in [-0.2, 0) is 11.3 Å². The molecule has 1 fully saturated rings. The highest BCUT2D eigenvalue weighted by atomic mass is 16.5. The van der Waals surface area contributed by atoms with Crippen molar-refractivity contribution in [3.63, 3.8) is 0 Å². The van der Waals surface area contributed by atoms with E-state index in [2.05, 4.69) is 50.7 Å². The lowest BCUT2D eigenvalue weighted by Crippen LogP contribution is -2.51. The van der Waals surface area contributed by atoms with Crippen molar-refractivity contribution in [3.05, 3.63) is 24.2 Å². The van der Waals surface area contributed by atoms with Gasteiger partial charge in [-0.2, -0.15) is 0 Å². The van der Waals surface area contributed by atoms with Crippen molar-refractivity contribution < 1.29 is 9.15 Å². The summed E-state index contributed by atoms with van der Waals surface area (Å²) in [5.74, 6) is 1.06. The summed E-state index contributed by atoms with van der Waals surface area (Å²) in [5, 5.41) is 0. The van der Waals surface area contributed by atoms with Crippen LogP contribution in [0.5, 0.6) is 0 Å². The van der Waals surface area contributed by atoms with E-state index in [4.69, 9.17) is 9.15 Å². The van der Waals surface area contributed by atoms with Crippen LogP contribution in [0.2, 0.25) is 0 Å². The number of hydrogen-bond donors (Lipinski definition) is 0. The summed E-state index contributed by atoms with van der Waals surface area (Å²) in [6, 6.07) is 4.06. The molecule has 0 aromatic carbocycles. The number of nitrogens with zero attached hydrogens (tertiary/aromatic N) is 2. The molecule has 1 aliphatic heterocycles. The van der Waals surface area contributed by atoms with Gasteiger partial charge in [-0.3, -0.25) is 4.90 Å². The molecule has 0 spiro atoms. The first-order chi connectivity index (χ1) is 10.8. The van der Waals surface area contributed by atoms with Crippen LogP contribution in [0, 0.1) is 5.41 Å². The van der Waals surface area contributed by atoms with Gasteiger partial charge in [0.15, 0.2) is 0 Å². The Labute approximate surface area is 141 Å². The second-order valence-corrected chi connectivity index (χ2v) is 8.06. The molecule has 4 heteroatoms. The largest absolute Gasteiger partial charge is 0.468 e. The summed E-state index contributed by atoms with van der Waals surface area (Å²) in [6.07, 6.45) is 5.18. The standard InChI is InChI=1S/C19H34N2O2/c1-6-10-21(13-17-8-7-11-22-17)16-19(15-20(4)5)9-12-23-18(2,3)14-19/h7-8,11H,6,9-10,12-16H2,1-5H3/t19-/m0/s1. The van der Waals surface area contributed by atoms with E-state index >= 15 is 0 Å². The number of furan rings is 1. The summed E-state index contributed by atoms with van der Waals surface area (Å²) in [5.41, 5.74) is 0.254. The van der Waals surface area contributed by atoms with Crippen molar-refractivity contribution in [1.29, 1.82) is 0 Å². The molecule has 1 aromatic heterocycles. The van der Waals surface area contributed by atoms with Gasteiger partial charge in [-0.05, 0) is 65.9 Å². The molecule has 132 valence electrons. The minimum atomic E-state index is -0.0309. The number of ether oxygens (including phenoxy) is 1. The summed E-state index contributed by atoms with van der Waals surface area (Å²) in [6.45, 7) is 11.8. The smallest absolute Gasteiger partial charge is 0.117 e. The average Bonchev–Trinajstić information content (AvgIpc) is 2.89. The lowest BCUT2D eigenvalue weighted by molar-refractivity contribution is -0.118. The molecule has 1 aliphatic rings. The summed E-state index contributed by atoms with van der Waals surface area (Å²) in [4.78, 5) is 4.89. The van der Waals surface area contributed by atoms with Gasteiger partial charge in [0.25, 0.3) is 0 Å². The maximum atomic E-state index is 5.99. The van der Waals surface area contributed by atoms with Gasteiger partial charge in [-0.25, -0.2) is 0 Å². The first-order valence-corrected chi connectivity index (χ1v) is 8.88. The zero-order chi connectivity index (χ0) is 16.9. The quantitative estimate of drug-likeness (QED) is 0.731. The number of rotatable bonds is 8. The molecular formula is C19H34N2O2. The Morgan fingerprint density at radius 2 is 2.00 bits per heavy atom. The van der Waals surface area contributed by atoms with Gasteiger partial charge in [0.1, 0.15) is 5.76 Å². The van der Waals surface area contributed by atoms with Crippen LogP contribution < -0.4 is 0 Å². The molecule has 1 saturated heterocycles. The van der Waals surface area contributed by atoms with Crippen LogP contribution in [0.15, 0.2) is 22.8 Å². The lowest BCUT2D eigenvalue weighted by Gasteiger charge is -2.48. The van der Waals surface area contributed by atoms with Crippen LogP contribution in [0.1, 0.15) is 45.8 Å². The van der Waals surface area contributed by atoms with Crippen molar-refractivity contribution in [3.8, 4) is 0 Å². The first-order valence-electron chi connectivity index (χ1n) is 8.88. The third-order valence-corrected chi connectivity index (χ3v) is 4.64. The van der Waals surface area contributed by atoms with Crippen molar-refractivity contribution in [2.45, 2.75) is 52.2 Å². The third-order valence-electron chi connectivity index (χ3n) is 4.64. The molecule has 1 atom stereocenters. The Bertz CT molecular complexity index is 456. The Morgan fingerprint density at radius 3 is 2.57 bits per heavy atom. The van der Waals surface area contributed by atoms with E-state index in [1.165, 1.54) is 6.42 Å². The summed E-state index contributed by atoms with van der Waals surface area (Å²) < 4.78 is 11.6. The van der Waals surface area contributed by atoms with E-state index in [1.807, 2.05) is 6.07 Å². The molecule has 1 aromatic rings. The maximum Gasteiger partial charge on any atom is 0.117 e. The van der Waals surface area contributed by atoms with Crippen LogP contribution in [0.4, 0.5) is 0 Å². The monoisotopic (exact) mass is 322 g/mol. The Kier molecular flexibility index (Phi) is 6.29. The van der Waals surface area contributed by atoms with E-state index in [9.17, 15) is 0 Å². The third kappa shape index (κ3) is 5.63. The minimum Gasteiger partial charge on any atom is -0.468 e. The van der Waals surface area contributed by atoms with Crippen molar-refractivity contribution in [2.75, 3.05) is 40.3 Å². The molecule has 4 nitrogen and oxygen atoms in total. The molecule has 2 rings (SSSR count). The SMILES string of the molecule is CCCN(Cc1ccco1)C[C@@]1(CN(C)C)CCOC(C)(C)C1. The fourth-order valence-corrected chi connectivity index (χ4v) is 4.20. The second kappa shape index (κ2) is 7.82. The van der Waals surface area contributed by atoms with E-state index in [0.717, 1.165) is 51.4 Å². The molecule has 0 aliphatic carbocycles. The Morgan fingerprint density at radius 1 is 1.22 bits per heavy atom. The lowest BCUT2D eigenvalue weighted by atomic mass is 9.73. The van der Waals surface area contributed by atoms with Gasteiger partial charge >= 0.3 is 0 Å². The zero-order valence-electron chi connectivity index (χ0n) is 15.6. The van der Waals surface area contributed by atoms with Gasteiger partial charge in [-0.15, -0.1) is 0 Å². The molecule has 23 heavy (non-hydrogen) atoms. The second-order valence-electron chi connectivity index (χ2n) is 8.06. The normalized spacial score (nSPS) is 24.5. The van der Waals surface area contributed by atoms with Crippen LogP contribution in [-0.4, -0.2) is 55.7 Å². The summed E-state index contributed by atoms with van der Waals surface area (Å²) in [7, 11) is 4.36. The van der Waals surface area contributed by atoms with Crippen molar-refractivity contribution in [1.82, 2.24) is 9.80 Å². The van der Waals surface area contributed by atoms with E-state index in [1.54, 1.807) is 6.26 Å². The highest BCUT2D eigenvalue weighted by molar-refractivity contribution is 4.99. The van der Waals surface area contributed by atoms with Crippen molar-refractivity contribution >= 4 is 0 Å². The zero-order valence-corrected chi connectivity index (χ0v) is 15.6. The van der Waals surface area contributed by atoms with Gasteiger partial charge in [0.05, 0.1) is 18.4 Å². The van der Waals surface area contributed by atoms with E-state index in [0.29, 0.717) is 0 Å². The fourth-order valence-electron chi connectivity index (χ4n) is 4.20. The molecule has 2 heterocycles. The van der Waals surface area contributed by atoms with Crippen LogP contribution in [0.3, 0.4) is 0 Å². The maximum absolute atomic E-state index is 5.99. The molecule has 0 N–H and O–H groups in total. The van der Waals surface area contributed by atoms with Crippen LogP contribution in [0.25, 0.3) is 0 Å². The molecule has 0 saturated carbocycles. The topological polar surface area (TPSA) is 28.9 Å². The van der Waals surface area contributed by atoms with E-state index in [-0.39, 0.29) is 11.0 Å². The highest BCUT2D eigenvalue weighted by Crippen LogP contribution is 2.40. The first kappa shape index (κ1) is 18.5. The fraction of sp³-hybridized carbons (Fsp3) is 0.789. The Hall–Kier alpha value is -0.840. The van der Waals surface area contributed by atoms with Gasteiger partial charge in [0.2, 0.25) is 0 Å². The summed E-state index contributed by atoms with van der Waals surface area (Å²) >= 11 is 0. The average molecular weight is 322 g/mol. The predicted octanol–water partition coefficient (Wildman–Crippen LogP) is 3.63. The van der Waals surface area contributed by atoms with Crippen LogP contribution >= 0.6 is 0 Å². The molecule has 0 amide bonds.